The molecule has 1 aromatic rings. The molecule has 20 heavy (non-hydrogen) atoms. The molecule has 0 amide bonds. The van der Waals surface area contributed by atoms with Crippen molar-refractivity contribution in [2.24, 2.45) is 0 Å². The summed E-state index contributed by atoms with van der Waals surface area (Å²) < 4.78 is 25.6. The van der Waals surface area contributed by atoms with Crippen molar-refractivity contribution < 1.29 is 8.42 Å². The van der Waals surface area contributed by atoms with Gasteiger partial charge in [-0.3, -0.25) is 0 Å². The normalized spacial score (nSPS) is 18.1. The molecular formula is C14H23N3O2S. The Balaban J connectivity index is 2.15. The molecule has 0 saturated carbocycles. The maximum absolute atomic E-state index is 11.6. The predicted molar refractivity (Wildman–Crippen MR) is 82.5 cm³/mol. The fourth-order valence-corrected chi connectivity index (χ4v) is 3.27. The van der Waals surface area contributed by atoms with E-state index in [1.165, 1.54) is 12.6 Å². The molecule has 112 valence electrons. The largest absolute Gasteiger partial charge is 0.384 e. The van der Waals surface area contributed by atoms with Crippen molar-refractivity contribution in [1.82, 2.24) is 9.62 Å². The van der Waals surface area contributed by atoms with Gasteiger partial charge in [-0.1, -0.05) is 12.1 Å². The van der Waals surface area contributed by atoms with Crippen LogP contribution in [0.3, 0.4) is 0 Å². The summed E-state index contributed by atoms with van der Waals surface area (Å²) in [5, 5.41) is 3.39. The number of hydrogen-bond donors (Lipinski definition) is 2. The Kier molecular flexibility index (Phi) is 4.67. The average Bonchev–Trinajstić information content (AvgIpc) is 2.78. The van der Waals surface area contributed by atoms with Crippen molar-refractivity contribution >= 4 is 15.7 Å². The molecule has 1 aliphatic heterocycles. The molecule has 0 saturated heterocycles. The van der Waals surface area contributed by atoms with Crippen molar-refractivity contribution in [3.8, 4) is 0 Å². The second-order valence-electron chi connectivity index (χ2n) is 5.55. The number of nitrogens with one attached hydrogen (secondary N) is 2. The van der Waals surface area contributed by atoms with Gasteiger partial charge in [-0.15, -0.1) is 0 Å². The number of anilines is 1. The first-order valence-electron chi connectivity index (χ1n) is 6.84. The van der Waals surface area contributed by atoms with Crippen LogP contribution in [0.2, 0.25) is 0 Å². The fourth-order valence-electron chi connectivity index (χ4n) is 2.51. The highest BCUT2D eigenvalue weighted by Crippen LogP contribution is 2.34. The minimum absolute atomic E-state index is 0.0389. The van der Waals surface area contributed by atoms with Crippen molar-refractivity contribution in [2.45, 2.75) is 18.1 Å². The van der Waals surface area contributed by atoms with Gasteiger partial charge in [0, 0.05) is 18.2 Å². The van der Waals surface area contributed by atoms with Gasteiger partial charge in [-0.25, -0.2) is 13.1 Å². The molecular weight excluding hydrogens is 274 g/mol. The Morgan fingerprint density at radius 1 is 1.40 bits per heavy atom. The number of hydrogen-bond acceptors (Lipinski definition) is 4. The van der Waals surface area contributed by atoms with Gasteiger partial charge in [0.05, 0.1) is 5.75 Å². The molecule has 0 aromatic heterocycles. The molecule has 0 spiro atoms. The molecule has 6 heteroatoms. The number of fused-ring (bicyclic) bond motifs is 1. The third-order valence-electron chi connectivity index (χ3n) is 3.69. The van der Waals surface area contributed by atoms with E-state index < -0.39 is 10.0 Å². The van der Waals surface area contributed by atoms with Crippen LogP contribution in [-0.2, 0) is 15.8 Å². The maximum atomic E-state index is 11.6. The minimum Gasteiger partial charge on any atom is -0.384 e. The monoisotopic (exact) mass is 297 g/mol. The van der Waals surface area contributed by atoms with E-state index in [-0.39, 0.29) is 5.75 Å². The standard InChI is InChI=1S/C14H23N3O2S/c1-15-20(18,19)10-11-4-5-14-13(8-11)12(9-16-14)6-7-17(2)3/h4-5,8,12,15-16H,6-7,9-10H2,1-3H3. The van der Waals surface area contributed by atoms with Gasteiger partial charge < -0.3 is 10.2 Å². The van der Waals surface area contributed by atoms with Crippen LogP contribution in [0.4, 0.5) is 5.69 Å². The van der Waals surface area contributed by atoms with E-state index in [0.29, 0.717) is 5.92 Å². The highest BCUT2D eigenvalue weighted by Gasteiger charge is 2.23. The Bertz CT molecular complexity index is 570. The molecule has 1 aromatic carbocycles. The second-order valence-corrected chi connectivity index (χ2v) is 7.48. The topological polar surface area (TPSA) is 61.4 Å². The third-order valence-corrected chi connectivity index (χ3v) is 5.02. The van der Waals surface area contributed by atoms with Gasteiger partial charge >= 0.3 is 0 Å². The molecule has 5 nitrogen and oxygen atoms in total. The Morgan fingerprint density at radius 3 is 2.80 bits per heavy atom. The highest BCUT2D eigenvalue weighted by molar-refractivity contribution is 7.88. The maximum Gasteiger partial charge on any atom is 0.215 e. The van der Waals surface area contributed by atoms with Gasteiger partial charge in [0.15, 0.2) is 0 Å². The molecule has 2 N–H and O–H groups in total. The van der Waals surface area contributed by atoms with Crippen LogP contribution in [0.5, 0.6) is 0 Å². The summed E-state index contributed by atoms with van der Waals surface area (Å²) >= 11 is 0. The Morgan fingerprint density at radius 2 is 2.15 bits per heavy atom. The molecule has 1 unspecified atom stereocenters. The Labute approximate surface area is 121 Å². The first-order chi connectivity index (χ1) is 9.41. The lowest BCUT2D eigenvalue weighted by molar-refractivity contribution is 0.386. The summed E-state index contributed by atoms with van der Waals surface area (Å²) in [4.78, 5) is 2.17. The van der Waals surface area contributed by atoms with Crippen LogP contribution in [0.25, 0.3) is 0 Å². The molecule has 0 radical (unpaired) electrons. The van der Waals surface area contributed by atoms with Crippen LogP contribution in [0, 0.1) is 0 Å². The fraction of sp³-hybridized carbons (Fsp3) is 0.571. The third kappa shape index (κ3) is 3.71. The predicted octanol–water partition coefficient (Wildman–Crippen LogP) is 1.20. The summed E-state index contributed by atoms with van der Waals surface area (Å²) in [6.45, 7) is 1.97. The lowest BCUT2D eigenvalue weighted by Crippen LogP contribution is -2.20. The lowest BCUT2D eigenvalue weighted by Gasteiger charge is -2.15. The van der Waals surface area contributed by atoms with Crippen molar-refractivity contribution in [2.75, 3.05) is 39.5 Å². The quantitative estimate of drug-likeness (QED) is 0.828. The van der Waals surface area contributed by atoms with E-state index in [1.54, 1.807) is 0 Å². The van der Waals surface area contributed by atoms with Crippen LogP contribution < -0.4 is 10.0 Å². The van der Waals surface area contributed by atoms with Gasteiger partial charge in [0.2, 0.25) is 10.0 Å². The van der Waals surface area contributed by atoms with E-state index in [2.05, 4.69) is 29.0 Å². The molecule has 0 fully saturated rings. The molecule has 1 aliphatic rings. The number of sulfonamides is 1. The summed E-state index contributed by atoms with van der Waals surface area (Å²) in [5.74, 6) is 0.501. The molecule has 0 bridgehead atoms. The summed E-state index contributed by atoms with van der Waals surface area (Å²) in [5.41, 5.74) is 3.23. The van der Waals surface area contributed by atoms with Crippen molar-refractivity contribution in [3.63, 3.8) is 0 Å². The smallest absolute Gasteiger partial charge is 0.215 e. The van der Waals surface area contributed by atoms with E-state index in [1.807, 2.05) is 18.2 Å². The summed E-state index contributed by atoms with van der Waals surface area (Å²) in [6.07, 6.45) is 1.08. The zero-order valence-electron chi connectivity index (χ0n) is 12.3. The van der Waals surface area contributed by atoms with Crippen molar-refractivity contribution in [3.05, 3.63) is 29.3 Å². The number of benzene rings is 1. The average molecular weight is 297 g/mol. The molecule has 1 atom stereocenters. The summed E-state index contributed by atoms with van der Waals surface area (Å²) in [7, 11) is 2.37. The zero-order chi connectivity index (χ0) is 14.8. The van der Waals surface area contributed by atoms with E-state index >= 15 is 0 Å². The van der Waals surface area contributed by atoms with Gasteiger partial charge in [-0.05, 0) is 51.3 Å². The summed E-state index contributed by atoms with van der Waals surface area (Å²) in [6, 6.07) is 5.91. The lowest BCUT2D eigenvalue weighted by atomic mass is 9.96. The zero-order valence-corrected chi connectivity index (χ0v) is 13.1. The number of nitrogens with zero attached hydrogens (tertiary/aromatic N) is 1. The molecule has 0 aliphatic carbocycles. The van der Waals surface area contributed by atoms with Crippen LogP contribution in [-0.4, -0.2) is 47.6 Å². The van der Waals surface area contributed by atoms with E-state index in [9.17, 15) is 8.42 Å². The van der Waals surface area contributed by atoms with Crippen LogP contribution in [0.15, 0.2) is 18.2 Å². The van der Waals surface area contributed by atoms with Gasteiger partial charge in [0.1, 0.15) is 0 Å². The number of rotatable bonds is 6. The van der Waals surface area contributed by atoms with Crippen LogP contribution >= 0.6 is 0 Å². The first kappa shape index (κ1) is 15.3. The highest BCUT2D eigenvalue weighted by atomic mass is 32.2. The minimum atomic E-state index is -3.21. The van der Waals surface area contributed by atoms with Crippen molar-refractivity contribution in [1.29, 1.82) is 0 Å². The SMILES string of the molecule is CNS(=O)(=O)Cc1ccc2c(c1)C(CCN(C)C)CN2. The van der Waals surface area contributed by atoms with Gasteiger partial charge in [0.25, 0.3) is 0 Å². The Hall–Kier alpha value is -1.11. The van der Waals surface area contributed by atoms with Gasteiger partial charge in [-0.2, -0.15) is 0 Å². The first-order valence-corrected chi connectivity index (χ1v) is 8.49. The molecule has 1 heterocycles. The molecule has 2 rings (SSSR count). The van der Waals surface area contributed by atoms with E-state index in [4.69, 9.17) is 0 Å². The van der Waals surface area contributed by atoms with Crippen LogP contribution in [0.1, 0.15) is 23.5 Å². The second kappa shape index (κ2) is 6.11. The van der Waals surface area contributed by atoms with E-state index in [0.717, 1.165) is 30.8 Å².